The maximum atomic E-state index is 13.0. The average molecular weight is 488 g/mol. The highest BCUT2D eigenvalue weighted by Gasteiger charge is 2.49. The van der Waals surface area contributed by atoms with Crippen molar-refractivity contribution >= 4 is 27.9 Å². The molecule has 3 amide bonds. The Hall–Kier alpha value is -3.40. The van der Waals surface area contributed by atoms with Crippen molar-refractivity contribution in [2.75, 3.05) is 0 Å². The monoisotopic (exact) mass is 487 g/mol. The Labute approximate surface area is 199 Å². The van der Waals surface area contributed by atoms with Gasteiger partial charge in [-0.15, -0.1) is 0 Å². The van der Waals surface area contributed by atoms with Crippen molar-refractivity contribution < 1.29 is 27.5 Å². The van der Waals surface area contributed by atoms with E-state index in [1.807, 2.05) is 18.2 Å². The molecule has 0 aromatic heterocycles. The standard InChI is InChI=1S/C24H29N3O6S/c1-24(2,3)27-21(28)14-20(34(27,31)32)18-11-9-16(10-12-18)13-19(22(25)29)26-23(30)33-15-17-7-5-4-6-8-17/h4-12,19-20H,13-15H2,1-3H3,(H2,25,29)(H,26,30)/t19?,20-/m0/s1. The predicted molar refractivity (Wildman–Crippen MR) is 126 cm³/mol. The molecule has 2 aromatic rings. The Morgan fingerprint density at radius 3 is 2.24 bits per heavy atom. The van der Waals surface area contributed by atoms with Crippen LogP contribution in [0.3, 0.4) is 0 Å². The number of ether oxygens (including phenoxy) is 1. The highest BCUT2D eigenvalue weighted by Crippen LogP contribution is 2.40. The molecule has 1 heterocycles. The van der Waals surface area contributed by atoms with Gasteiger partial charge in [0.15, 0.2) is 0 Å². The van der Waals surface area contributed by atoms with Crippen molar-refractivity contribution in [1.82, 2.24) is 9.62 Å². The van der Waals surface area contributed by atoms with Gasteiger partial charge in [-0.3, -0.25) is 9.59 Å². The summed E-state index contributed by atoms with van der Waals surface area (Å²) in [6.45, 7) is 5.08. The summed E-state index contributed by atoms with van der Waals surface area (Å²) in [5.41, 5.74) is 6.54. The van der Waals surface area contributed by atoms with Crippen LogP contribution in [0.4, 0.5) is 4.79 Å². The van der Waals surface area contributed by atoms with Crippen LogP contribution in [0.25, 0.3) is 0 Å². The number of rotatable bonds is 7. The van der Waals surface area contributed by atoms with E-state index in [1.54, 1.807) is 57.2 Å². The minimum absolute atomic E-state index is 0.0486. The van der Waals surface area contributed by atoms with Gasteiger partial charge in [0.25, 0.3) is 0 Å². The van der Waals surface area contributed by atoms with Gasteiger partial charge in [-0.05, 0) is 37.5 Å². The lowest BCUT2D eigenvalue weighted by molar-refractivity contribution is -0.128. The quantitative estimate of drug-likeness (QED) is 0.616. The number of primary amides is 1. The normalized spacial score (nSPS) is 18.4. The highest BCUT2D eigenvalue weighted by molar-refractivity contribution is 7.90. The number of hydrogen-bond acceptors (Lipinski definition) is 6. The second-order valence-corrected chi connectivity index (χ2v) is 11.1. The van der Waals surface area contributed by atoms with Crippen molar-refractivity contribution in [2.24, 2.45) is 5.73 Å². The number of nitrogens with two attached hydrogens (primary N) is 1. The summed E-state index contributed by atoms with van der Waals surface area (Å²) >= 11 is 0. The third-order valence-electron chi connectivity index (χ3n) is 5.45. The lowest BCUT2D eigenvalue weighted by Crippen LogP contribution is -2.46. The number of alkyl carbamates (subject to hydrolysis) is 1. The van der Waals surface area contributed by atoms with E-state index in [-0.39, 0.29) is 19.4 Å². The molecule has 0 spiro atoms. The molecule has 1 saturated heterocycles. The van der Waals surface area contributed by atoms with E-state index in [4.69, 9.17) is 10.5 Å². The summed E-state index contributed by atoms with van der Waals surface area (Å²) in [5.74, 6) is -1.17. The molecule has 0 aliphatic carbocycles. The molecule has 9 nitrogen and oxygen atoms in total. The van der Waals surface area contributed by atoms with Crippen LogP contribution < -0.4 is 11.1 Å². The van der Waals surface area contributed by atoms with Crippen LogP contribution in [0.2, 0.25) is 0 Å². The molecule has 1 unspecified atom stereocenters. The van der Waals surface area contributed by atoms with Gasteiger partial charge in [0, 0.05) is 6.42 Å². The molecule has 3 rings (SSSR count). The highest BCUT2D eigenvalue weighted by atomic mass is 32.2. The summed E-state index contributed by atoms with van der Waals surface area (Å²) in [5, 5.41) is 1.50. The van der Waals surface area contributed by atoms with E-state index >= 15 is 0 Å². The molecule has 34 heavy (non-hydrogen) atoms. The van der Waals surface area contributed by atoms with Gasteiger partial charge in [-0.25, -0.2) is 17.5 Å². The third kappa shape index (κ3) is 5.74. The van der Waals surface area contributed by atoms with Crippen LogP contribution in [-0.2, 0) is 37.4 Å². The minimum atomic E-state index is -3.85. The Kier molecular flexibility index (Phi) is 7.30. The number of hydrogen-bond donors (Lipinski definition) is 2. The Bertz CT molecular complexity index is 1160. The molecule has 1 fully saturated rings. The summed E-state index contributed by atoms with van der Waals surface area (Å²) < 4.78 is 32.0. The van der Waals surface area contributed by atoms with Crippen molar-refractivity contribution in [3.63, 3.8) is 0 Å². The number of amides is 3. The van der Waals surface area contributed by atoms with Crippen LogP contribution in [0.1, 0.15) is 49.1 Å². The zero-order valence-corrected chi connectivity index (χ0v) is 20.2. The first kappa shape index (κ1) is 25.2. The molecule has 182 valence electrons. The second kappa shape index (κ2) is 9.84. The average Bonchev–Trinajstić information content (AvgIpc) is 3.01. The molecule has 10 heteroatoms. The first-order chi connectivity index (χ1) is 15.9. The van der Waals surface area contributed by atoms with E-state index < -0.39 is 44.8 Å². The first-order valence-electron chi connectivity index (χ1n) is 10.8. The van der Waals surface area contributed by atoms with Crippen LogP contribution >= 0.6 is 0 Å². The minimum Gasteiger partial charge on any atom is -0.445 e. The first-order valence-corrected chi connectivity index (χ1v) is 12.3. The maximum Gasteiger partial charge on any atom is 0.408 e. The molecule has 1 aliphatic heterocycles. The topological polar surface area (TPSA) is 136 Å². The van der Waals surface area contributed by atoms with Crippen LogP contribution in [-0.4, -0.2) is 42.2 Å². The molecule has 0 saturated carbocycles. The van der Waals surface area contributed by atoms with Gasteiger partial charge in [-0.1, -0.05) is 54.6 Å². The zero-order chi connectivity index (χ0) is 25.1. The molecule has 3 N–H and O–H groups in total. The fourth-order valence-electron chi connectivity index (χ4n) is 3.90. The van der Waals surface area contributed by atoms with E-state index in [9.17, 15) is 22.8 Å². The molecular formula is C24H29N3O6S. The second-order valence-electron chi connectivity index (χ2n) is 9.17. The van der Waals surface area contributed by atoms with Gasteiger partial charge in [0.05, 0.1) is 12.0 Å². The lowest BCUT2D eigenvalue weighted by atomic mass is 10.0. The van der Waals surface area contributed by atoms with Gasteiger partial charge in [-0.2, -0.15) is 0 Å². The fraction of sp³-hybridized carbons (Fsp3) is 0.375. The Balaban J connectivity index is 1.66. The van der Waals surface area contributed by atoms with E-state index in [1.165, 1.54) is 0 Å². The van der Waals surface area contributed by atoms with Crippen molar-refractivity contribution in [3.8, 4) is 0 Å². The van der Waals surface area contributed by atoms with E-state index in [0.717, 1.165) is 9.87 Å². The Morgan fingerprint density at radius 2 is 1.71 bits per heavy atom. The molecular weight excluding hydrogens is 458 g/mol. The number of nitrogens with one attached hydrogen (secondary N) is 1. The molecule has 1 aliphatic rings. The predicted octanol–water partition coefficient (Wildman–Crippen LogP) is 2.41. The van der Waals surface area contributed by atoms with Gasteiger partial charge in [0.1, 0.15) is 17.9 Å². The van der Waals surface area contributed by atoms with Crippen LogP contribution in [0.5, 0.6) is 0 Å². The van der Waals surface area contributed by atoms with Crippen molar-refractivity contribution in [3.05, 3.63) is 71.3 Å². The maximum absolute atomic E-state index is 13.0. The number of carbonyl (C=O) groups is 3. The van der Waals surface area contributed by atoms with Gasteiger partial charge < -0.3 is 15.8 Å². The number of nitrogens with zero attached hydrogens (tertiary/aromatic N) is 1. The molecule has 0 radical (unpaired) electrons. The van der Waals surface area contributed by atoms with Crippen LogP contribution in [0.15, 0.2) is 54.6 Å². The van der Waals surface area contributed by atoms with Crippen molar-refractivity contribution in [2.45, 2.75) is 57.1 Å². The van der Waals surface area contributed by atoms with Crippen molar-refractivity contribution in [1.29, 1.82) is 0 Å². The summed E-state index contributed by atoms with van der Waals surface area (Å²) in [6, 6.07) is 14.6. The lowest BCUT2D eigenvalue weighted by Gasteiger charge is -2.30. The number of carbonyl (C=O) groups excluding carboxylic acids is 3. The summed E-state index contributed by atoms with van der Waals surface area (Å²) in [7, 11) is -3.85. The Morgan fingerprint density at radius 1 is 1.09 bits per heavy atom. The number of sulfonamides is 1. The molecule has 2 aromatic carbocycles. The van der Waals surface area contributed by atoms with Gasteiger partial charge in [0.2, 0.25) is 21.8 Å². The van der Waals surface area contributed by atoms with E-state index in [2.05, 4.69) is 5.32 Å². The molecule has 0 bridgehead atoms. The van der Waals surface area contributed by atoms with E-state index in [0.29, 0.717) is 11.1 Å². The third-order valence-corrected chi connectivity index (χ3v) is 7.87. The smallest absolute Gasteiger partial charge is 0.408 e. The molecule has 2 atom stereocenters. The summed E-state index contributed by atoms with van der Waals surface area (Å²) in [6.07, 6.45) is -0.805. The largest absolute Gasteiger partial charge is 0.445 e. The fourth-order valence-corrected chi connectivity index (χ4v) is 6.13. The number of benzene rings is 2. The SMILES string of the molecule is CC(C)(C)N1C(=O)C[C@@H](c2ccc(CC(NC(=O)OCc3ccccc3)C(N)=O)cc2)S1(=O)=O. The zero-order valence-electron chi connectivity index (χ0n) is 19.4. The van der Waals surface area contributed by atoms with Crippen LogP contribution in [0, 0.1) is 0 Å². The summed E-state index contributed by atoms with van der Waals surface area (Å²) in [4.78, 5) is 36.4. The van der Waals surface area contributed by atoms with Gasteiger partial charge >= 0.3 is 6.09 Å².